The molecule has 1 aliphatic carbocycles. The molecule has 0 bridgehead atoms. The number of hydrogen-bond donors (Lipinski definition) is 1. The third-order valence-electron chi connectivity index (χ3n) is 4.04. The quantitative estimate of drug-likeness (QED) is 0.803. The molecule has 5 heteroatoms. The minimum absolute atomic E-state index is 0.237. The fourth-order valence-electron chi connectivity index (χ4n) is 2.49. The number of sulfonamides is 1. The Morgan fingerprint density at radius 2 is 1.86 bits per heavy atom. The second-order valence-corrected chi connectivity index (χ2v) is 7.69. The van der Waals surface area contributed by atoms with Crippen molar-refractivity contribution in [2.24, 2.45) is 5.92 Å². The first-order valence-corrected chi connectivity index (χ1v) is 9.26. The van der Waals surface area contributed by atoms with Crippen LogP contribution in [0.1, 0.15) is 45.2 Å². The molecule has 1 saturated carbocycles. The molecule has 0 amide bonds. The molecule has 0 aromatic heterocycles. The van der Waals surface area contributed by atoms with Crippen LogP contribution in [0.25, 0.3) is 0 Å². The molecule has 0 aliphatic heterocycles. The van der Waals surface area contributed by atoms with Gasteiger partial charge in [-0.15, -0.1) is 0 Å². The van der Waals surface area contributed by atoms with Crippen LogP contribution in [0.4, 0.5) is 0 Å². The van der Waals surface area contributed by atoms with E-state index in [0.29, 0.717) is 23.9 Å². The van der Waals surface area contributed by atoms with E-state index in [2.05, 4.69) is 19.2 Å². The van der Waals surface area contributed by atoms with Gasteiger partial charge in [0.15, 0.2) is 0 Å². The highest BCUT2D eigenvalue weighted by atomic mass is 32.2. The molecular formula is C16H26N2O2S. The number of hydrogen-bond acceptors (Lipinski definition) is 3. The molecule has 1 aromatic carbocycles. The Labute approximate surface area is 128 Å². The lowest BCUT2D eigenvalue weighted by Crippen LogP contribution is -2.32. The van der Waals surface area contributed by atoms with E-state index >= 15 is 0 Å². The lowest BCUT2D eigenvalue weighted by molar-refractivity contribution is 0.412. The molecule has 0 saturated heterocycles. The Balaban J connectivity index is 2.15. The average Bonchev–Trinajstić information content (AvgIpc) is 3.29. The van der Waals surface area contributed by atoms with Gasteiger partial charge in [0.1, 0.15) is 0 Å². The smallest absolute Gasteiger partial charge is 0.243 e. The highest BCUT2D eigenvalue weighted by molar-refractivity contribution is 7.89. The Morgan fingerprint density at radius 3 is 2.33 bits per heavy atom. The van der Waals surface area contributed by atoms with E-state index in [0.717, 1.165) is 24.9 Å². The van der Waals surface area contributed by atoms with Gasteiger partial charge in [0.25, 0.3) is 0 Å². The number of benzene rings is 1. The summed E-state index contributed by atoms with van der Waals surface area (Å²) in [5, 5.41) is 3.33. The summed E-state index contributed by atoms with van der Waals surface area (Å²) in [7, 11) is -3.35. The van der Waals surface area contributed by atoms with Crippen LogP contribution in [0.2, 0.25) is 0 Å². The third kappa shape index (κ3) is 4.05. The summed E-state index contributed by atoms with van der Waals surface area (Å²) in [4.78, 5) is 0.400. The van der Waals surface area contributed by atoms with Crippen molar-refractivity contribution in [2.45, 2.75) is 44.6 Å². The molecule has 118 valence electrons. The van der Waals surface area contributed by atoms with Crippen molar-refractivity contribution < 1.29 is 8.42 Å². The highest BCUT2D eigenvalue weighted by Crippen LogP contribution is 2.31. The average molecular weight is 310 g/mol. The summed E-state index contributed by atoms with van der Waals surface area (Å²) in [5.74, 6) is 0.563. The fraction of sp³-hybridized carbons (Fsp3) is 0.625. The van der Waals surface area contributed by atoms with Gasteiger partial charge in [-0.2, -0.15) is 4.31 Å². The summed E-state index contributed by atoms with van der Waals surface area (Å²) >= 11 is 0. The Morgan fingerprint density at radius 1 is 1.24 bits per heavy atom. The van der Waals surface area contributed by atoms with Crippen LogP contribution in [0.3, 0.4) is 0 Å². The van der Waals surface area contributed by atoms with E-state index in [4.69, 9.17) is 0 Å². The van der Waals surface area contributed by atoms with Crippen LogP contribution in [0.15, 0.2) is 29.2 Å². The molecule has 1 aromatic rings. The molecule has 1 atom stereocenters. The second kappa shape index (κ2) is 6.90. The van der Waals surface area contributed by atoms with Gasteiger partial charge in [0.05, 0.1) is 4.90 Å². The van der Waals surface area contributed by atoms with E-state index in [1.807, 2.05) is 19.1 Å². The summed E-state index contributed by atoms with van der Waals surface area (Å²) in [6, 6.07) is 7.51. The SMILES string of the molecule is CCNC(C)c1ccc(S(=O)(=O)N(CC)CC2CC2)cc1. The molecule has 4 nitrogen and oxygen atoms in total. The van der Waals surface area contributed by atoms with Crippen molar-refractivity contribution in [3.63, 3.8) is 0 Å². The van der Waals surface area contributed by atoms with E-state index in [1.54, 1.807) is 16.4 Å². The minimum atomic E-state index is -3.35. The highest BCUT2D eigenvalue weighted by Gasteiger charge is 2.30. The summed E-state index contributed by atoms with van der Waals surface area (Å²) < 4.78 is 26.9. The number of nitrogens with zero attached hydrogens (tertiary/aromatic N) is 1. The van der Waals surface area contributed by atoms with Gasteiger partial charge >= 0.3 is 0 Å². The van der Waals surface area contributed by atoms with Crippen LogP contribution in [0.5, 0.6) is 0 Å². The van der Waals surface area contributed by atoms with Crippen LogP contribution < -0.4 is 5.32 Å². The zero-order chi connectivity index (χ0) is 15.5. The maximum atomic E-state index is 12.6. The minimum Gasteiger partial charge on any atom is -0.310 e. The van der Waals surface area contributed by atoms with Crippen LogP contribution >= 0.6 is 0 Å². The standard InChI is InChI=1S/C16H26N2O2S/c1-4-17-13(3)15-8-10-16(11-9-15)21(19,20)18(5-2)12-14-6-7-14/h8-11,13-14,17H,4-7,12H2,1-3H3. The lowest BCUT2D eigenvalue weighted by Gasteiger charge is -2.21. The molecule has 2 rings (SSSR count). The molecule has 1 N–H and O–H groups in total. The summed E-state index contributed by atoms with van der Waals surface area (Å²) in [6.45, 7) is 8.14. The van der Waals surface area contributed by atoms with E-state index in [1.165, 1.54) is 0 Å². The maximum Gasteiger partial charge on any atom is 0.243 e. The fourth-order valence-corrected chi connectivity index (χ4v) is 4.01. The summed E-state index contributed by atoms with van der Waals surface area (Å²) in [6.07, 6.45) is 2.32. The van der Waals surface area contributed by atoms with Crippen LogP contribution in [-0.4, -0.2) is 32.4 Å². The van der Waals surface area contributed by atoms with Gasteiger partial charge in [0, 0.05) is 19.1 Å². The topological polar surface area (TPSA) is 49.4 Å². The normalized spacial score (nSPS) is 17.1. The van der Waals surface area contributed by atoms with Gasteiger partial charge in [-0.05, 0) is 49.9 Å². The van der Waals surface area contributed by atoms with Crippen molar-refractivity contribution in [1.29, 1.82) is 0 Å². The van der Waals surface area contributed by atoms with Crippen LogP contribution in [0, 0.1) is 5.92 Å². The molecule has 21 heavy (non-hydrogen) atoms. The Bertz CT molecular complexity index is 550. The van der Waals surface area contributed by atoms with Crippen molar-refractivity contribution in [2.75, 3.05) is 19.6 Å². The van der Waals surface area contributed by atoms with Crippen molar-refractivity contribution in [3.8, 4) is 0 Å². The van der Waals surface area contributed by atoms with Crippen molar-refractivity contribution >= 4 is 10.0 Å². The van der Waals surface area contributed by atoms with Crippen molar-refractivity contribution in [3.05, 3.63) is 29.8 Å². The van der Waals surface area contributed by atoms with Gasteiger partial charge < -0.3 is 5.32 Å². The van der Waals surface area contributed by atoms with E-state index < -0.39 is 10.0 Å². The van der Waals surface area contributed by atoms with E-state index in [9.17, 15) is 8.42 Å². The zero-order valence-corrected chi connectivity index (χ0v) is 14.0. The monoisotopic (exact) mass is 310 g/mol. The second-order valence-electron chi connectivity index (χ2n) is 5.75. The molecular weight excluding hydrogens is 284 g/mol. The number of nitrogens with one attached hydrogen (secondary N) is 1. The van der Waals surface area contributed by atoms with Gasteiger partial charge in [0.2, 0.25) is 10.0 Å². The predicted molar refractivity (Wildman–Crippen MR) is 85.7 cm³/mol. The first-order chi connectivity index (χ1) is 9.98. The molecule has 0 spiro atoms. The largest absolute Gasteiger partial charge is 0.310 e. The maximum absolute atomic E-state index is 12.6. The van der Waals surface area contributed by atoms with Gasteiger partial charge in [-0.25, -0.2) is 8.42 Å². The van der Waals surface area contributed by atoms with E-state index in [-0.39, 0.29) is 6.04 Å². The van der Waals surface area contributed by atoms with Gasteiger partial charge in [-0.3, -0.25) is 0 Å². The zero-order valence-electron chi connectivity index (χ0n) is 13.2. The molecule has 0 heterocycles. The molecule has 1 aliphatic rings. The first-order valence-electron chi connectivity index (χ1n) is 7.82. The Hall–Kier alpha value is -0.910. The molecule has 1 fully saturated rings. The summed E-state index contributed by atoms with van der Waals surface area (Å²) in [5.41, 5.74) is 1.11. The first kappa shape index (κ1) is 16.5. The van der Waals surface area contributed by atoms with Crippen molar-refractivity contribution in [1.82, 2.24) is 9.62 Å². The predicted octanol–water partition coefficient (Wildman–Crippen LogP) is 2.78. The van der Waals surface area contributed by atoms with Gasteiger partial charge in [-0.1, -0.05) is 26.0 Å². The Kier molecular flexibility index (Phi) is 5.41. The molecule has 1 unspecified atom stereocenters. The third-order valence-corrected chi connectivity index (χ3v) is 5.99. The molecule has 0 radical (unpaired) electrons. The lowest BCUT2D eigenvalue weighted by atomic mass is 10.1. The number of rotatable bonds is 8. The van der Waals surface area contributed by atoms with Crippen LogP contribution in [-0.2, 0) is 10.0 Å².